The molecule has 0 aromatic heterocycles. The molecule has 0 heterocycles. The first-order valence-corrected chi connectivity index (χ1v) is 10.0. The highest BCUT2D eigenvalue weighted by molar-refractivity contribution is 7.73. The van der Waals surface area contributed by atoms with E-state index in [2.05, 4.69) is 0 Å². The molecule has 0 fully saturated rings. The second-order valence-corrected chi connectivity index (χ2v) is 9.33. The lowest BCUT2D eigenvalue weighted by molar-refractivity contribution is 0.229. The van der Waals surface area contributed by atoms with Crippen LogP contribution in [0.5, 0.6) is 0 Å². The number of benzene rings is 1. The molecular weight excluding hydrogens is 300 g/mol. The van der Waals surface area contributed by atoms with Crippen LogP contribution in [-0.2, 0) is 20.2 Å². The molecule has 1 aromatic rings. The molecule has 20 heavy (non-hydrogen) atoms. The molecule has 0 bridgehead atoms. The van der Waals surface area contributed by atoms with Gasteiger partial charge in [-0.1, -0.05) is 30.3 Å². The molecule has 0 saturated carbocycles. The summed E-state index contributed by atoms with van der Waals surface area (Å²) in [6.45, 7) is 2.92. The largest absolute Gasteiger partial charge is 0.354 e. The van der Waals surface area contributed by atoms with Gasteiger partial charge < -0.3 is 14.3 Å². The predicted molar refractivity (Wildman–Crippen MR) is 78.9 cm³/mol. The van der Waals surface area contributed by atoms with E-state index in [1.165, 1.54) is 11.9 Å². The molecule has 8 heteroatoms. The first-order chi connectivity index (χ1) is 9.18. The molecule has 2 N–H and O–H groups in total. The second kappa shape index (κ2) is 6.99. The van der Waals surface area contributed by atoms with E-state index in [1.807, 2.05) is 30.3 Å². The highest BCUT2D eigenvalue weighted by atomic mass is 31.2. The Bertz CT molecular complexity index is 516. The Morgan fingerprint density at radius 2 is 1.80 bits per heavy atom. The van der Waals surface area contributed by atoms with Crippen molar-refractivity contribution in [3.8, 4) is 0 Å². The molecule has 0 spiro atoms. The Kier molecular flexibility index (Phi) is 6.14. The zero-order chi connectivity index (χ0) is 15.4. The topological polar surface area (TPSA) is 87.1 Å². The standard InChI is InChI=1S/C12H21NO5P2/c1-4-18-20(16,17)12(19(3,14)15)13(2)10-11-8-6-5-7-9-11/h5-9,12H,4,10H2,1-3H3,(H,14,15)(H,16,17). The molecule has 0 amide bonds. The van der Waals surface area contributed by atoms with Crippen molar-refractivity contribution in [2.45, 2.75) is 19.0 Å². The fourth-order valence-electron chi connectivity index (χ4n) is 2.09. The van der Waals surface area contributed by atoms with E-state index in [-0.39, 0.29) is 13.2 Å². The quantitative estimate of drug-likeness (QED) is 0.751. The van der Waals surface area contributed by atoms with Crippen LogP contribution in [0.4, 0.5) is 0 Å². The minimum atomic E-state index is -4.20. The summed E-state index contributed by atoms with van der Waals surface area (Å²) in [7, 11) is -6.50. The van der Waals surface area contributed by atoms with Crippen molar-refractivity contribution < 1.29 is 23.4 Å². The molecule has 0 saturated heterocycles. The van der Waals surface area contributed by atoms with Gasteiger partial charge in [-0.3, -0.25) is 14.0 Å². The van der Waals surface area contributed by atoms with Crippen LogP contribution in [0.3, 0.4) is 0 Å². The molecule has 3 atom stereocenters. The summed E-state index contributed by atoms with van der Waals surface area (Å²) < 4.78 is 28.9. The lowest BCUT2D eigenvalue weighted by Gasteiger charge is -2.32. The van der Waals surface area contributed by atoms with Crippen molar-refractivity contribution in [1.82, 2.24) is 4.90 Å². The van der Waals surface area contributed by atoms with E-state index in [4.69, 9.17) is 4.52 Å². The Morgan fingerprint density at radius 1 is 1.25 bits per heavy atom. The summed E-state index contributed by atoms with van der Waals surface area (Å²) in [5, 5.41) is 0. The molecule has 1 aromatic carbocycles. The van der Waals surface area contributed by atoms with E-state index in [1.54, 1.807) is 6.92 Å². The smallest absolute Gasteiger partial charge is 0.343 e. The Balaban J connectivity index is 3.00. The molecule has 3 unspecified atom stereocenters. The normalized spacial score (nSPS) is 19.3. The molecule has 0 aliphatic carbocycles. The Hall–Kier alpha value is -0.480. The lowest BCUT2D eigenvalue weighted by Crippen LogP contribution is -2.31. The third kappa shape index (κ3) is 4.81. The number of hydrogen-bond donors (Lipinski definition) is 2. The third-order valence-electron chi connectivity index (χ3n) is 2.70. The summed E-state index contributed by atoms with van der Waals surface area (Å²) in [6.07, 6.45) is 0. The van der Waals surface area contributed by atoms with E-state index in [0.29, 0.717) is 0 Å². The van der Waals surface area contributed by atoms with Crippen molar-refractivity contribution in [3.05, 3.63) is 35.9 Å². The average molecular weight is 321 g/mol. The van der Waals surface area contributed by atoms with Gasteiger partial charge in [-0.2, -0.15) is 0 Å². The van der Waals surface area contributed by atoms with Crippen LogP contribution in [0, 0.1) is 0 Å². The minimum absolute atomic E-state index is 0.00343. The van der Waals surface area contributed by atoms with Crippen molar-refractivity contribution in [3.63, 3.8) is 0 Å². The van der Waals surface area contributed by atoms with Crippen LogP contribution >= 0.6 is 15.0 Å². The number of hydrogen-bond acceptors (Lipinski definition) is 4. The SMILES string of the molecule is CCOP(=O)(O)C(N(C)Cc1ccccc1)P(C)(=O)O. The fourth-order valence-corrected chi connectivity index (χ4v) is 6.35. The van der Waals surface area contributed by atoms with Gasteiger partial charge in [-0.25, -0.2) is 0 Å². The van der Waals surface area contributed by atoms with Crippen molar-refractivity contribution >= 4 is 15.0 Å². The van der Waals surface area contributed by atoms with Gasteiger partial charge in [-0.15, -0.1) is 0 Å². The predicted octanol–water partition coefficient (Wildman–Crippen LogP) is 2.52. The van der Waals surface area contributed by atoms with Crippen molar-refractivity contribution in [2.75, 3.05) is 20.3 Å². The summed E-state index contributed by atoms with van der Waals surface area (Å²) in [6, 6.07) is 9.21. The number of rotatable bonds is 7. The van der Waals surface area contributed by atoms with Crippen LogP contribution in [0.15, 0.2) is 30.3 Å². The van der Waals surface area contributed by atoms with Gasteiger partial charge in [0.15, 0.2) is 5.52 Å². The van der Waals surface area contributed by atoms with E-state index < -0.39 is 20.5 Å². The van der Waals surface area contributed by atoms with Crippen LogP contribution in [-0.4, -0.2) is 40.5 Å². The zero-order valence-corrected chi connectivity index (χ0v) is 13.6. The van der Waals surface area contributed by atoms with Gasteiger partial charge in [0.05, 0.1) is 6.61 Å². The van der Waals surface area contributed by atoms with Crippen LogP contribution in [0.2, 0.25) is 0 Å². The minimum Gasteiger partial charge on any atom is -0.343 e. The second-order valence-electron chi connectivity index (χ2n) is 4.67. The number of nitrogens with zero attached hydrogens (tertiary/aromatic N) is 1. The summed E-state index contributed by atoms with van der Waals surface area (Å²) in [5.74, 6) is 0. The summed E-state index contributed by atoms with van der Waals surface area (Å²) >= 11 is 0. The van der Waals surface area contributed by atoms with Gasteiger partial charge in [0.25, 0.3) is 0 Å². The van der Waals surface area contributed by atoms with Crippen LogP contribution in [0.1, 0.15) is 12.5 Å². The van der Waals surface area contributed by atoms with Crippen molar-refractivity contribution in [1.29, 1.82) is 0 Å². The summed E-state index contributed by atoms with van der Waals surface area (Å²) in [5.41, 5.74) is -0.555. The van der Waals surface area contributed by atoms with Gasteiger partial charge >= 0.3 is 7.60 Å². The lowest BCUT2D eigenvalue weighted by atomic mass is 10.2. The highest BCUT2D eigenvalue weighted by Crippen LogP contribution is 2.64. The summed E-state index contributed by atoms with van der Waals surface area (Å²) in [4.78, 5) is 21.1. The average Bonchev–Trinajstić information content (AvgIpc) is 2.27. The van der Waals surface area contributed by atoms with E-state index in [9.17, 15) is 18.9 Å². The fraction of sp³-hybridized carbons (Fsp3) is 0.500. The Labute approximate surface area is 119 Å². The first kappa shape index (κ1) is 17.6. The molecule has 0 aliphatic heterocycles. The van der Waals surface area contributed by atoms with Gasteiger partial charge in [0, 0.05) is 13.2 Å². The van der Waals surface area contributed by atoms with Gasteiger partial charge in [-0.05, 0) is 19.5 Å². The van der Waals surface area contributed by atoms with Crippen LogP contribution in [0.25, 0.3) is 0 Å². The third-order valence-corrected chi connectivity index (χ3v) is 7.72. The monoisotopic (exact) mass is 321 g/mol. The molecule has 0 aliphatic rings. The Morgan fingerprint density at radius 3 is 2.25 bits per heavy atom. The van der Waals surface area contributed by atoms with E-state index in [0.717, 1.165) is 12.2 Å². The maximum Gasteiger partial charge on any atom is 0.354 e. The molecule has 6 nitrogen and oxygen atoms in total. The van der Waals surface area contributed by atoms with E-state index >= 15 is 0 Å². The molecule has 114 valence electrons. The maximum atomic E-state index is 12.2. The van der Waals surface area contributed by atoms with Crippen LogP contribution < -0.4 is 0 Å². The van der Waals surface area contributed by atoms with Gasteiger partial charge in [0.1, 0.15) is 0 Å². The first-order valence-electron chi connectivity index (χ1n) is 6.19. The maximum absolute atomic E-state index is 12.2. The molecule has 0 radical (unpaired) electrons. The zero-order valence-electron chi connectivity index (χ0n) is 11.8. The highest BCUT2D eigenvalue weighted by Gasteiger charge is 2.45. The molecule has 1 rings (SSSR count). The van der Waals surface area contributed by atoms with Crippen molar-refractivity contribution in [2.24, 2.45) is 0 Å². The van der Waals surface area contributed by atoms with Gasteiger partial charge in [0.2, 0.25) is 7.37 Å². The molecular formula is C12H21NO5P2.